The molecule has 0 fully saturated rings. The summed E-state index contributed by atoms with van der Waals surface area (Å²) in [4.78, 5) is 11.8. The second-order valence-electron chi connectivity index (χ2n) is 4.03. The van der Waals surface area contributed by atoms with Gasteiger partial charge >= 0.3 is 0 Å². The molecule has 4 nitrogen and oxygen atoms in total. The maximum Gasteiger partial charge on any atom is 0.271 e. The van der Waals surface area contributed by atoms with Crippen molar-refractivity contribution in [3.8, 4) is 5.75 Å². The van der Waals surface area contributed by atoms with Crippen LogP contribution in [0, 0.1) is 0 Å². The van der Waals surface area contributed by atoms with Crippen LogP contribution in [0.5, 0.6) is 5.75 Å². The number of amides is 1. The van der Waals surface area contributed by atoms with Crippen LogP contribution in [0.15, 0.2) is 46.0 Å². The molecule has 0 unspecified atom stereocenters. The number of benzene rings is 2. The number of carbonyl (C=O) groups excluding carboxylic acids is 1. The van der Waals surface area contributed by atoms with Crippen LogP contribution in [-0.2, 0) is 0 Å². The molecule has 108 valence electrons. The van der Waals surface area contributed by atoms with E-state index in [0.29, 0.717) is 25.6 Å². The number of hydrazone groups is 1. The molecule has 2 rings (SSSR count). The third-order valence-electron chi connectivity index (χ3n) is 2.53. The van der Waals surface area contributed by atoms with Crippen LogP contribution in [0.1, 0.15) is 15.9 Å². The summed E-state index contributed by atoms with van der Waals surface area (Å²) in [5.74, 6) is -0.396. The van der Waals surface area contributed by atoms with E-state index in [0.717, 1.165) is 0 Å². The number of halogens is 3. The van der Waals surface area contributed by atoms with Crippen LogP contribution in [-0.4, -0.2) is 17.2 Å². The van der Waals surface area contributed by atoms with E-state index in [4.69, 9.17) is 23.2 Å². The molecule has 0 atom stereocenters. The van der Waals surface area contributed by atoms with Crippen LogP contribution in [0.25, 0.3) is 0 Å². The number of hydrogen-bond acceptors (Lipinski definition) is 3. The number of hydrogen-bond donors (Lipinski definition) is 2. The number of nitrogens with zero attached hydrogens (tertiary/aromatic N) is 1. The van der Waals surface area contributed by atoms with Crippen molar-refractivity contribution in [3.05, 3.63) is 62.0 Å². The number of phenolic OH excluding ortho intramolecular Hbond substituents is 1. The summed E-state index contributed by atoms with van der Waals surface area (Å²) in [6.45, 7) is 0. The second kappa shape index (κ2) is 6.93. The van der Waals surface area contributed by atoms with Gasteiger partial charge in [0.1, 0.15) is 5.75 Å². The lowest BCUT2D eigenvalue weighted by molar-refractivity contribution is 0.0955. The van der Waals surface area contributed by atoms with Gasteiger partial charge in [-0.3, -0.25) is 4.79 Å². The number of aromatic hydroxyl groups is 1. The zero-order valence-corrected chi connectivity index (χ0v) is 13.6. The van der Waals surface area contributed by atoms with Gasteiger partial charge in [0.05, 0.1) is 10.7 Å². The molecule has 1 amide bonds. The summed E-state index contributed by atoms with van der Waals surface area (Å²) in [6, 6.07) is 9.47. The molecule has 0 bridgehead atoms. The van der Waals surface area contributed by atoms with Gasteiger partial charge in [0.2, 0.25) is 0 Å². The molecule has 0 radical (unpaired) electrons. The maximum absolute atomic E-state index is 11.8. The molecular weight excluding hydrogens is 379 g/mol. The highest BCUT2D eigenvalue weighted by molar-refractivity contribution is 9.10. The number of rotatable bonds is 3. The van der Waals surface area contributed by atoms with Gasteiger partial charge in [-0.2, -0.15) is 5.10 Å². The van der Waals surface area contributed by atoms with Gasteiger partial charge in [-0.1, -0.05) is 23.2 Å². The molecular formula is C14H9BrCl2N2O2. The largest absolute Gasteiger partial charge is 0.506 e. The molecule has 2 aromatic rings. The van der Waals surface area contributed by atoms with Crippen molar-refractivity contribution in [1.82, 2.24) is 5.43 Å². The Kier molecular flexibility index (Phi) is 5.22. The standard InChI is InChI=1S/C14H9BrCl2N2O2/c15-12-6-11(17)5-9(13(12)20)7-18-19-14(21)8-1-3-10(16)4-2-8/h1-7,20H,(H,19,21)/b18-7+. The van der Waals surface area contributed by atoms with Gasteiger partial charge in [-0.15, -0.1) is 0 Å². The average molecular weight is 388 g/mol. The molecule has 0 heterocycles. The molecule has 7 heteroatoms. The molecule has 0 saturated heterocycles. The maximum atomic E-state index is 11.8. The normalized spacial score (nSPS) is 10.8. The quantitative estimate of drug-likeness (QED) is 0.611. The van der Waals surface area contributed by atoms with E-state index in [1.807, 2.05) is 0 Å². The Bertz CT molecular complexity index is 703. The Hall–Kier alpha value is -1.56. The van der Waals surface area contributed by atoms with Crippen LogP contribution in [0.2, 0.25) is 10.0 Å². The van der Waals surface area contributed by atoms with Crippen molar-refractivity contribution < 1.29 is 9.90 Å². The molecule has 0 aliphatic carbocycles. The minimum Gasteiger partial charge on any atom is -0.506 e. The van der Waals surface area contributed by atoms with Gasteiger partial charge in [-0.25, -0.2) is 5.43 Å². The Balaban J connectivity index is 2.09. The number of nitrogens with one attached hydrogen (secondary N) is 1. The summed E-state index contributed by atoms with van der Waals surface area (Å²) in [5.41, 5.74) is 3.16. The zero-order chi connectivity index (χ0) is 15.4. The minimum atomic E-state index is -0.386. The van der Waals surface area contributed by atoms with Crippen LogP contribution >= 0.6 is 39.1 Å². The zero-order valence-electron chi connectivity index (χ0n) is 10.5. The van der Waals surface area contributed by atoms with Crippen molar-refractivity contribution in [3.63, 3.8) is 0 Å². The van der Waals surface area contributed by atoms with E-state index in [2.05, 4.69) is 26.5 Å². The monoisotopic (exact) mass is 386 g/mol. The first-order valence-corrected chi connectivity index (χ1v) is 7.29. The van der Waals surface area contributed by atoms with Crippen LogP contribution < -0.4 is 5.43 Å². The van der Waals surface area contributed by atoms with Gasteiger partial charge in [0, 0.05) is 21.2 Å². The molecule has 0 aliphatic heterocycles. The third-order valence-corrected chi connectivity index (χ3v) is 3.61. The lowest BCUT2D eigenvalue weighted by Crippen LogP contribution is -2.17. The SMILES string of the molecule is O=C(N/N=C/c1cc(Cl)cc(Br)c1O)c1ccc(Cl)cc1. The lowest BCUT2D eigenvalue weighted by Gasteiger charge is -2.03. The van der Waals surface area contributed by atoms with E-state index < -0.39 is 0 Å². The number of carbonyl (C=O) groups is 1. The Labute approximate surface area is 139 Å². The predicted molar refractivity (Wildman–Crippen MR) is 87.3 cm³/mol. The van der Waals surface area contributed by atoms with Crippen molar-refractivity contribution >= 4 is 51.3 Å². The topological polar surface area (TPSA) is 61.7 Å². The van der Waals surface area contributed by atoms with E-state index in [1.165, 1.54) is 12.3 Å². The Morgan fingerprint density at radius 2 is 1.86 bits per heavy atom. The Morgan fingerprint density at radius 3 is 2.52 bits per heavy atom. The fourth-order valence-electron chi connectivity index (χ4n) is 1.51. The van der Waals surface area contributed by atoms with Crippen molar-refractivity contribution in [2.75, 3.05) is 0 Å². The van der Waals surface area contributed by atoms with Crippen molar-refractivity contribution in [2.45, 2.75) is 0 Å². The smallest absolute Gasteiger partial charge is 0.271 e. The summed E-state index contributed by atoms with van der Waals surface area (Å²) in [7, 11) is 0. The van der Waals surface area contributed by atoms with Gasteiger partial charge in [0.15, 0.2) is 0 Å². The van der Waals surface area contributed by atoms with Crippen molar-refractivity contribution in [1.29, 1.82) is 0 Å². The lowest BCUT2D eigenvalue weighted by atomic mass is 10.2. The molecule has 0 spiro atoms. The highest BCUT2D eigenvalue weighted by Crippen LogP contribution is 2.30. The van der Waals surface area contributed by atoms with Gasteiger partial charge in [-0.05, 0) is 52.3 Å². The summed E-state index contributed by atoms with van der Waals surface area (Å²) >= 11 is 14.8. The first kappa shape index (κ1) is 15.8. The van der Waals surface area contributed by atoms with Crippen molar-refractivity contribution in [2.24, 2.45) is 5.10 Å². The average Bonchev–Trinajstić information content (AvgIpc) is 2.44. The van der Waals surface area contributed by atoms with E-state index in [1.54, 1.807) is 30.3 Å². The predicted octanol–water partition coefficient (Wildman–Crippen LogP) is 4.23. The highest BCUT2D eigenvalue weighted by atomic mass is 79.9. The van der Waals surface area contributed by atoms with E-state index in [9.17, 15) is 9.90 Å². The van der Waals surface area contributed by atoms with Crippen LogP contribution in [0.3, 0.4) is 0 Å². The molecule has 2 N–H and O–H groups in total. The molecule has 21 heavy (non-hydrogen) atoms. The first-order valence-electron chi connectivity index (χ1n) is 5.74. The summed E-state index contributed by atoms with van der Waals surface area (Å²) in [5, 5.41) is 14.6. The minimum absolute atomic E-state index is 0.0103. The second-order valence-corrected chi connectivity index (χ2v) is 5.76. The van der Waals surface area contributed by atoms with E-state index >= 15 is 0 Å². The molecule has 0 aliphatic rings. The van der Waals surface area contributed by atoms with Crippen LogP contribution in [0.4, 0.5) is 0 Å². The molecule has 0 saturated carbocycles. The fraction of sp³-hybridized carbons (Fsp3) is 0. The highest BCUT2D eigenvalue weighted by Gasteiger charge is 2.06. The summed E-state index contributed by atoms with van der Waals surface area (Å²) in [6.07, 6.45) is 1.31. The van der Waals surface area contributed by atoms with E-state index in [-0.39, 0.29) is 11.7 Å². The molecule has 2 aromatic carbocycles. The first-order chi connectivity index (χ1) is 9.97. The van der Waals surface area contributed by atoms with Gasteiger partial charge < -0.3 is 5.11 Å². The fourth-order valence-corrected chi connectivity index (χ4v) is 2.47. The molecule has 0 aromatic heterocycles. The third kappa shape index (κ3) is 4.20. The number of phenols is 1. The summed E-state index contributed by atoms with van der Waals surface area (Å²) < 4.78 is 0.445. The Morgan fingerprint density at radius 1 is 1.19 bits per heavy atom. The van der Waals surface area contributed by atoms with Gasteiger partial charge in [0.25, 0.3) is 5.91 Å².